The maximum absolute atomic E-state index is 5.52. The van der Waals surface area contributed by atoms with Crippen molar-refractivity contribution in [3.05, 3.63) is 47.0 Å². The molecule has 1 atom stereocenters. The number of likely N-dealkylation sites (N-methyl/N-ethyl adjacent to an activating group) is 1. The Kier molecular flexibility index (Phi) is 10.6. The minimum atomic E-state index is 0. The lowest BCUT2D eigenvalue weighted by Crippen LogP contribution is -2.33. The molecule has 1 heterocycles. The maximum atomic E-state index is 5.52. The Bertz CT molecular complexity index is 784. The molecular formula is C22H32INO5. The van der Waals surface area contributed by atoms with Crippen molar-refractivity contribution < 1.29 is 24.4 Å². The van der Waals surface area contributed by atoms with Crippen LogP contribution in [0.3, 0.4) is 0 Å². The topological polar surface area (TPSA) is 71.7 Å². The number of nitrogens with zero attached hydrogens (tertiary/aromatic N) is 1. The highest BCUT2D eigenvalue weighted by molar-refractivity contribution is 14.1. The van der Waals surface area contributed by atoms with E-state index in [1.807, 2.05) is 11.0 Å². The summed E-state index contributed by atoms with van der Waals surface area (Å²) in [5.74, 6) is 3.08. The molecule has 0 amide bonds. The molecule has 3 rings (SSSR count). The van der Waals surface area contributed by atoms with Crippen LogP contribution in [0.4, 0.5) is 0 Å². The van der Waals surface area contributed by atoms with Crippen molar-refractivity contribution in [2.75, 3.05) is 47.0 Å². The Balaban J connectivity index is 0.00000136. The van der Waals surface area contributed by atoms with Gasteiger partial charge in [-0.25, -0.2) is 0 Å². The lowest BCUT2D eigenvalue weighted by molar-refractivity contribution is 0.227. The first-order valence-electron chi connectivity index (χ1n) is 9.15. The van der Waals surface area contributed by atoms with Crippen LogP contribution in [0.1, 0.15) is 22.7 Å². The normalized spacial score (nSPS) is 15.2. The molecule has 1 aliphatic heterocycles. The summed E-state index contributed by atoms with van der Waals surface area (Å²) in [6.07, 6.45) is 1.90. The summed E-state index contributed by atoms with van der Waals surface area (Å²) in [5.41, 5.74) is 3.83. The summed E-state index contributed by atoms with van der Waals surface area (Å²) < 4.78 is 21.8. The van der Waals surface area contributed by atoms with Gasteiger partial charge in [0.15, 0.2) is 23.0 Å². The molecule has 2 aromatic rings. The first-order valence-corrected chi connectivity index (χ1v) is 11.3. The van der Waals surface area contributed by atoms with Gasteiger partial charge in [0.05, 0.1) is 28.4 Å². The Morgan fingerprint density at radius 3 is 2.00 bits per heavy atom. The van der Waals surface area contributed by atoms with Crippen LogP contribution in [0.5, 0.6) is 23.0 Å². The Labute approximate surface area is 187 Å². The average Bonchev–Trinajstić information content (AvgIpc) is 2.75. The summed E-state index contributed by atoms with van der Waals surface area (Å²) in [6.45, 7) is 1.01. The number of benzene rings is 2. The van der Waals surface area contributed by atoms with E-state index in [1.54, 1.807) is 28.4 Å². The second-order valence-corrected chi connectivity index (χ2v) is 6.55. The minimum absolute atomic E-state index is 0. The molecule has 0 saturated heterocycles. The van der Waals surface area contributed by atoms with Crippen LogP contribution in [0.15, 0.2) is 30.3 Å². The third kappa shape index (κ3) is 5.67. The number of alkyl halides is 1. The van der Waals surface area contributed by atoms with Crippen molar-refractivity contribution >= 4 is 22.6 Å². The molecule has 162 valence electrons. The van der Waals surface area contributed by atoms with E-state index in [0.29, 0.717) is 0 Å². The van der Waals surface area contributed by atoms with Gasteiger partial charge in [-0.2, -0.15) is 0 Å². The number of hydrogen-bond donors (Lipinski definition) is 0. The molecule has 0 bridgehead atoms. The van der Waals surface area contributed by atoms with Crippen LogP contribution in [-0.4, -0.2) is 57.3 Å². The minimum Gasteiger partial charge on any atom is -0.493 e. The maximum Gasteiger partial charge on any atom is 0.161 e. The van der Waals surface area contributed by atoms with Crippen molar-refractivity contribution in [3.8, 4) is 23.0 Å². The van der Waals surface area contributed by atoms with E-state index in [1.165, 1.54) is 16.7 Å². The fraction of sp³-hybridized carbons (Fsp3) is 0.455. The van der Waals surface area contributed by atoms with E-state index < -0.39 is 0 Å². The molecule has 7 heteroatoms. The second-order valence-electron chi connectivity index (χ2n) is 6.55. The summed E-state index contributed by atoms with van der Waals surface area (Å²) in [4.78, 5) is 4.36. The zero-order chi connectivity index (χ0) is 20.7. The summed E-state index contributed by atoms with van der Waals surface area (Å²) in [5, 5.41) is 0. The van der Waals surface area contributed by atoms with Crippen molar-refractivity contribution in [2.45, 2.75) is 18.9 Å². The molecule has 0 fully saturated rings. The van der Waals surface area contributed by atoms with Crippen molar-refractivity contribution in [2.24, 2.45) is 0 Å². The highest BCUT2D eigenvalue weighted by atomic mass is 127. The highest BCUT2D eigenvalue weighted by Crippen LogP contribution is 2.39. The molecule has 2 aromatic carbocycles. The fourth-order valence-electron chi connectivity index (χ4n) is 3.65. The third-order valence-electron chi connectivity index (χ3n) is 5.15. The van der Waals surface area contributed by atoms with Crippen LogP contribution in [-0.2, 0) is 12.8 Å². The standard InChI is InChI=1S/C21H27NO4.CH3I.H2O/c1-22-9-8-15-12-20(25-4)21(26-5)13-16(15)17(22)10-14-6-7-18(23-2)19(11-14)24-3;1-2;/h6-7,11-13,17H,8-10H2,1-5H3;1H3;1H2. The van der Waals surface area contributed by atoms with Gasteiger partial charge in [0.25, 0.3) is 0 Å². The van der Waals surface area contributed by atoms with Gasteiger partial charge in [0, 0.05) is 12.6 Å². The van der Waals surface area contributed by atoms with Crippen LogP contribution in [0.25, 0.3) is 0 Å². The quantitative estimate of drug-likeness (QED) is 0.432. The molecule has 1 unspecified atom stereocenters. The predicted octanol–water partition coefficient (Wildman–Crippen LogP) is 3.72. The molecule has 1 aliphatic rings. The Morgan fingerprint density at radius 2 is 1.41 bits per heavy atom. The molecule has 0 aliphatic carbocycles. The van der Waals surface area contributed by atoms with E-state index in [0.717, 1.165) is 42.4 Å². The number of ether oxygens (including phenoxy) is 4. The predicted molar refractivity (Wildman–Crippen MR) is 125 cm³/mol. The smallest absolute Gasteiger partial charge is 0.161 e. The molecule has 0 aromatic heterocycles. The SMILES string of the molecule is CI.COc1ccc(CC2c3cc(OC)c(OC)cc3CCN2C)cc1OC.O. The molecule has 6 nitrogen and oxygen atoms in total. The lowest BCUT2D eigenvalue weighted by Gasteiger charge is -2.35. The van der Waals surface area contributed by atoms with Crippen LogP contribution in [0.2, 0.25) is 0 Å². The highest BCUT2D eigenvalue weighted by Gasteiger charge is 2.27. The Morgan fingerprint density at radius 1 is 0.862 bits per heavy atom. The van der Waals surface area contributed by atoms with Crippen LogP contribution < -0.4 is 18.9 Å². The molecule has 0 saturated carbocycles. The van der Waals surface area contributed by atoms with Gasteiger partial charge in [0.2, 0.25) is 0 Å². The second kappa shape index (κ2) is 12.1. The number of halogens is 1. The van der Waals surface area contributed by atoms with Crippen molar-refractivity contribution in [1.82, 2.24) is 4.90 Å². The van der Waals surface area contributed by atoms with E-state index >= 15 is 0 Å². The molecule has 29 heavy (non-hydrogen) atoms. The number of fused-ring (bicyclic) bond motifs is 1. The fourth-order valence-corrected chi connectivity index (χ4v) is 3.65. The molecular weight excluding hydrogens is 485 g/mol. The van der Waals surface area contributed by atoms with Gasteiger partial charge in [-0.15, -0.1) is 0 Å². The van der Waals surface area contributed by atoms with E-state index in [2.05, 4.69) is 58.8 Å². The van der Waals surface area contributed by atoms with E-state index in [-0.39, 0.29) is 11.5 Å². The van der Waals surface area contributed by atoms with Crippen LogP contribution in [0, 0.1) is 0 Å². The first kappa shape index (κ1) is 25.3. The van der Waals surface area contributed by atoms with Crippen LogP contribution >= 0.6 is 22.6 Å². The van der Waals surface area contributed by atoms with E-state index in [4.69, 9.17) is 18.9 Å². The van der Waals surface area contributed by atoms with Gasteiger partial charge >= 0.3 is 0 Å². The Hall–Kier alpha value is -1.71. The zero-order valence-corrected chi connectivity index (χ0v) is 20.2. The summed E-state index contributed by atoms with van der Waals surface area (Å²) in [6, 6.07) is 10.6. The zero-order valence-electron chi connectivity index (χ0n) is 18.0. The monoisotopic (exact) mass is 517 g/mol. The number of methoxy groups -OCH3 is 4. The third-order valence-corrected chi connectivity index (χ3v) is 5.15. The molecule has 0 radical (unpaired) electrons. The van der Waals surface area contributed by atoms with Gasteiger partial charge in [-0.1, -0.05) is 28.7 Å². The number of rotatable bonds is 6. The summed E-state index contributed by atoms with van der Waals surface area (Å²) >= 11 is 2.15. The van der Waals surface area contributed by atoms with Gasteiger partial charge < -0.3 is 24.4 Å². The first-order chi connectivity index (χ1) is 13.6. The van der Waals surface area contributed by atoms with Gasteiger partial charge in [0.1, 0.15) is 0 Å². The largest absolute Gasteiger partial charge is 0.493 e. The average molecular weight is 517 g/mol. The van der Waals surface area contributed by atoms with Gasteiger partial charge in [-0.3, -0.25) is 4.90 Å². The van der Waals surface area contributed by atoms with E-state index in [9.17, 15) is 0 Å². The summed E-state index contributed by atoms with van der Waals surface area (Å²) in [7, 11) is 8.86. The van der Waals surface area contributed by atoms with Crippen molar-refractivity contribution in [3.63, 3.8) is 0 Å². The van der Waals surface area contributed by atoms with Crippen molar-refractivity contribution in [1.29, 1.82) is 0 Å². The molecule has 0 spiro atoms. The number of hydrogen-bond acceptors (Lipinski definition) is 5. The lowest BCUT2D eigenvalue weighted by atomic mass is 9.88. The van der Waals surface area contributed by atoms with Gasteiger partial charge in [-0.05, 0) is 65.8 Å². The molecule has 2 N–H and O–H groups in total.